The standard InChI is InChI=1S/C14H9Cl5O2/c15-9-5-7(1-3-11(9)20)13(14(17,18)19)8-2-4-12(21)10(16)6-8/h1-6,13,20-21H. The largest absolute Gasteiger partial charge is 0.506 e. The lowest BCUT2D eigenvalue weighted by Gasteiger charge is -2.26. The normalized spacial score (nSPS) is 11.9. The second-order valence-corrected chi connectivity index (χ2v) is 7.58. The van der Waals surface area contributed by atoms with E-state index in [0.29, 0.717) is 11.1 Å². The van der Waals surface area contributed by atoms with Crippen molar-refractivity contribution in [1.29, 1.82) is 0 Å². The van der Waals surface area contributed by atoms with Gasteiger partial charge in [-0.05, 0) is 35.4 Å². The monoisotopic (exact) mass is 384 g/mol. The second-order valence-electron chi connectivity index (χ2n) is 4.40. The maximum Gasteiger partial charge on any atom is 0.201 e. The minimum absolute atomic E-state index is 0.0628. The number of phenolic OH excluding ortho intramolecular Hbond substituents is 2. The van der Waals surface area contributed by atoms with Crippen LogP contribution in [-0.2, 0) is 0 Å². The zero-order valence-electron chi connectivity index (χ0n) is 10.3. The lowest BCUT2D eigenvalue weighted by atomic mass is 9.92. The summed E-state index contributed by atoms with van der Waals surface area (Å²) in [6.07, 6.45) is 0. The molecular formula is C14H9Cl5O2. The maximum absolute atomic E-state index is 9.49. The van der Waals surface area contributed by atoms with Crippen molar-refractivity contribution in [3.8, 4) is 11.5 Å². The van der Waals surface area contributed by atoms with E-state index in [-0.39, 0.29) is 21.5 Å². The van der Waals surface area contributed by atoms with Gasteiger partial charge in [-0.2, -0.15) is 0 Å². The summed E-state index contributed by atoms with van der Waals surface area (Å²) in [7, 11) is 0. The van der Waals surface area contributed by atoms with Gasteiger partial charge in [0.15, 0.2) is 0 Å². The molecule has 0 saturated carbocycles. The molecule has 0 atom stereocenters. The molecule has 7 heteroatoms. The third-order valence-corrected chi connectivity index (χ3v) is 4.20. The summed E-state index contributed by atoms with van der Waals surface area (Å²) in [4.78, 5) is 0. The Morgan fingerprint density at radius 2 is 1.14 bits per heavy atom. The fourth-order valence-electron chi connectivity index (χ4n) is 1.98. The van der Waals surface area contributed by atoms with Crippen molar-refractivity contribution in [2.45, 2.75) is 9.71 Å². The molecule has 0 amide bonds. The van der Waals surface area contributed by atoms with Crippen molar-refractivity contribution < 1.29 is 10.2 Å². The maximum atomic E-state index is 9.49. The summed E-state index contributed by atoms with van der Waals surface area (Å²) in [5.74, 6) is -0.793. The van der Waals surface area contributed by atoms with E-state index in [1.54, 1.807) is 12.1 Å². The Morgan fingerprint density at radius 3 is 1.43 bits per heavy atom. The van der Waals surface area contributed by atoms with Gasteiger partial charge in [0.05, 0.1) is 16.0 Å². The molecule has 0 aliphatic carbocycles. The van der Waals surface area contributed by atoms with E-state index < -0.39 is 9.71 Å². The minimum Gasteiger partial charge on any atom is -0.506 e. The van der Waals surface area contributed by atoms with Gasteiger partial charge < -0.3 is 10.2 Å². The fourth-order valence-corrected chi connectivity index (χ4v) is 3.11. The van der Waals surface area contributed by atoms with E-state index in [1.165, 1.54) is 24.3 Å². The molecule has 0 unspecified atom stereocenters. The minimum atomic E-state index is -1.67. The third kappa shape index (κ3) is 3.82. The Kier molecular flexibility index (Phi) is 5.07. The Bertz CT molecular complexity index is 615. The van der Waals surface area contributed by atoms with Crippen LogP contribution in [-0.4, -0.2) is 14.0 Å². The van der Waals surface area contributed by atoms with Crippen LogP contribution < -0.4 is 0 Å². The summed E-state index contributed by atoms with van der Waals surface area (Å²) in [5, 5.41) is 19.3. The van der Waals surface area contributed by atoms with Crippen LogP contribution in [0.1, 0.15) is 17.0 Å². The predicted molar refractivity (Wildman–Crippen MR) is 88.4 cm³/mol. The number of benzene rings is 2. The van der Waals surface area contributed by atoms with Crippen LogP contribution in [0.15, 0.2) is 36.4 Å². The quantitative estimate of drug-likeness (QED) is 0.630. The molecule has 2 rings (SSSR count). The van der Waals surface area contributed by atoms with Crippen LogP contribution in [0, 0.1) is 0 Å². The van der Waals surface area contributed by atoms with Gasteiger partial charge in [0, 0.05) is 0 Å². The highest BCUT2D eigenvalue weighted by molar-refractivity contribution is 6.68. The molecule has 0 aliphatic heterocycles. The first-order chi connectivity index (χ1) is 9.70. The van der Waals surface area contributed by atoms with Crippen molar-refractivity contribution in [2.24, 2.45) is 0 Å². The first kappa shape index (κ1) is 16.9. The summed E-state index contributed by atoms with van der Waals surface area (Å²) in [5.41, 5.74) is 1.19. The molecule has 2 aromatic carbocycles. The number of hydrogen-bond acceptors (Lipinski definition) is 2. The average molecular weight is 386 g/mol. The number of phenols is 2. The molecule has 0 fully saturated rings. The molecule has 2 nitrogen and oxygen atoms in total. The van der Waals surface area contributed by atoms with Gasteiger partial charge in [-0.3, -0.25) is 0 Å². The third-order valence-electron chi connectivity index (χ3n) is 2.94. The van der Waals surface area contributed by atoms with Gasteiger partial charge in [-0.1, -0.05) is 70.1 Å². The second kappa shape index (κ2) is 6.31. The topological polar surface area (TPSA) is 40.5 Å². The van der Waals surface area contributed by atoms with Crippen LogP contribution in [0.25, 0.3) is 0 Å². The lowest BCUT2D eigenvalue weighted by Crippen LogP contribution is -2.18. The highest BCUT2D eigenvalue weighted by Gasteiger charge is 2.35. The highest BCUT2D eigenvalue weighted by atomic mass is 35.6. The van der Waals surface area contributed by atoms with E-state index in [2.05, 4.69) is 0 Å². The van der Waals surface area contributed by atoms with Crippen molar-refractivity contribution >= 4 is 58.0 Å². The highest BCUT2D eigenvalue weighted by Crippen LogP contribution is 2.47. The smallest absolute Gasteiger partial charge is 0.201 e. The van der Waals surface area contributed by atoms with E-state index >= 15 is 0 Å². The lowest BCUT2D eigenvalue weighted by molar-refractivity contribution is 0.475. The van der Waals surface area contributed by atoms with E-state index in [0.717, 1.165) is 0 Å². The van der Waals surface area contributed by atoms with E-state index in [1.807, 2.05) is 0 Å². The molecule has 21 heavy (non-hydrogen) atoms. The molecule has 0 saturated heterocycles. The molecule has 0 aliphatic rings. The summed E-state index contributed by atoms with van der Waals surface area (Å²) in [6, 6.07) is 9.09. The molecule has 0 bridgehead atoms. The van der Waals surface area contributed by atoms with Gasteiger partial charge in [-0.25, -0.2) is 0 Å². The van der Waals surface area contributed by atoms with Gasteiger partial charge in [0.25, 0.3) is 0 Å². The Hall–Kier alpha value is -0.510. The number of aromatic hydroxyl groups is 2. The van der Waals surface area contributed by atoms with Gasteiger partial charge >= 0.3 is 0 Å². The van der Waals surface area contributed by atoms with Crippen molar-refractivity contribution in [2.75, 3.05) is 0 Å². The van der Waals surface area contributed by atoms with Crippen LogP contribution in [0.3, 0.4) is 0 Å². The summed E-state index contributed by atoms with van der Waals surface area (Å²) < 4.78 is -1.67. The Labute approximate surface area is 146 Å². The zero-order chi connectivity index (χ0) is 15.8. The predicted octanol–water partition coefficient (Wildman–Crippen LogP) is 5.91. The van der Waals surface area contributed by atoms with Gasteiger partial charge in [0.2, 0.25) is 3.79 Å². The van der Waals surface area contributed by atoms with Crippen molar-refractivity contribution in [3.63, 3.8) is 0 Å². The molecule has 0 aromatic heterocycles. The number of halogens is 5. The SMILES string of the molecule is Oc1ccc(C(c2ccc(O)c(Cl)c2)C(Cl)(Cl)Cl)cc1Cl. The van der Waals surface area contributed by atoms with Gasteiger partial charge in [0.1, 0.15) is 11.5 Å². The molecular weight excluding hydrogens is 377 g/mol. The van der Waals surface area contributed by atoms with E-state index in [9.17, 15) is 10.2 Å². The van der Waals surface area contributed by atoms with Crippen LogP contribution >= 0.6 is 58.0 Å². The first-order valence-corrected chi connectivity index (χ1v) is 7.62. The Balaban J connectivity index is 2.58. The average Bonchev–Trinajstić information content (AvgIpc) is 2.37. The van der Waals surface area contributed by atoms with Crippen LogP contribution in [0.4, 0.5) is 0 Å². The Morgan fingerprint density at radius 1 is 0.762 bits per heavy atom. The summed E-state index contributed by atoms with van der Waals surface area (Å²) in [6.45, 7) is 0. The van der Waals surface area contributed by atoms with Crippen molar-refractivity contribution in [1.82, 2.24) is 0 Å². The molecule has 0 radical (unpaired) electrons. The molecule has 0 heterocycles. The number of hydrogen-bond donors (Lipinski definition) is 2. The summed E-state index contributed by atoms with van der Waals surface area (Å²) >= 11 is 30.0. The zero-order valence-corrected chi connectivity index (χ0v) is 14.1. The molecule has 0 spiro atoms. The number of alkyl halides is 3. The van der Waals surface area contributed by atoms with Gasteiger partial charge in [-0.15, -0.1) is 0 Å². The molecule has 2 N–H and O–H groups in total. The van der Waals surface area contributed by atoms with Crippen molar-refractivity contribution in [3.05, 3.63) is 57.6 Å². The van der Waals surface area contributed by atoms with Crippen LogP contribution in [0.2, 0.25) is 10.0 Å². The first-order valence-electron chi connectivity index (χ1n) is 5.73. The fraction of sp³-hybridized carbons (Fsp3) is 0.143. The molecule has 2 aromatic rings. The van der Waals surface area contributed by atoms with E-state index in [4.69, 9.17) is 58.0 Å². The van der Waals surface area contributed by atoms with Crippen LogP contribution in [0.5, 0.6) is 11.5 Å². The number of rotatable bonds is 2. The molecule has 112 valence electrons.